The minimum Gasteiger partial charge on any atom is -0.369 e. The summed E-state index contributed by atoms with van der Waals surface area (Å²) in [6.07, 6.45) is 1.22. The Labute approximate surface area is 122 Å². The van der Waals surface area contributed by atoms with Crippen LogP contribution in [0.1, 0.15) is 20.3 Å². The fourth-order valence-electron chi connectivity index (χ4n) is 2.32. The maximum absolute atomic E-state index is 5.99. The van der Waals surface area contributed by atoms with E-state index < -0.39 is 0 Å². The summed E-state index contributed by atoms with van der Waals surface area (Å²) in [4.78, 5) is 2.44. The Morgan fingerprint density at radius 2 is 2.24 bits per heavy atom. The van der Waals surface area contributed by atoms with Gasteiger partial charge in [-0.25, -0.2) is 0 Å². The third kappa shape index (κ3) is 3.48. The van der Waals surface area contributed by atoms with Crippen LogP contribution >= 0.6 is 34.2 Å². The first-order valence-electron chi connectivity index (χ1n) is 6.02. The lowest BCUT2D eigenvalue weighted by atomic mass is 10.2. The van der Waals surface area contributed by atoms with Crippen molar-refractivity contribution in [1.29, 1.82) is 0 Å². The molecule has 94 valence electrons. The fraction of sp³-hybridized carbons (Fsp3) is 0.538. The molecule has 1 aliphatic heterocycles. The van der Waals surface area contributed by atoms with Crippen molar-refractivity contribution >= 4 is 39.9 Å². The third-order valence-corrected chi connectivity index (χ3v) is 4.11. The predicted molar refractivity (Wildman–Crippen MR) is 83.1 cm³/mol. The van der Waals surface area contributed by atoms with Crippen LogP contribution in [0, 0.1) is 3.57 Å². The van der Waals surface area contributed by atoms with Crippen molar-refractivity contribution in [2.75, 3.05) is 18.0 Å². The fourth-order valence-corrected chi connectivity index (χ4v) is 3.54. The van der Waals surface area contributed by atoms with E-state index in [1.54, 1.807) is 0 Å². The molecule has 1 heterocycles. The molecular weight excluding hydrogens is 347 g/mol. The van der Waals surface area contributed by atoms with Crippen molar-refractivity contribution in [1.82, 2.24) is 5.32 Å². The quantitative estimate of drug-likeness (QED) is 0.826. The van der Waals surface area contributed by atoms with E-state index in [1.807, 2.05) is 12.1 Å². The van der Waals surface area contributed by atoms with Crippen molar-refractivity contribution in [2.45, 2.75) is 32.4 Å². The molecule has 2 rings (SSSR count). The highest BCUT2D eigenvalue weighted by molar-refractivity contribution is 14.1. The summed E-state index contributed by atoms with van der Waals surface area (Å²) in [6, 6.07) is 7.30. The van der Waals surface area contributed by atoms with Crippen LogP contribution < -0.4 is 10.2 Å². The van der Waals surface area contributed by atoms with Crippen molar-refractivity contribution in [3.63, 3.8) is 0 Å². The van der Waals surface area contributed by atoms with Gasteiger partial charge in [-0.15, -0.1) is 0 Å². The molecule has 1 fully saturated rings. The highest BCUT2D eigenvalue weighted by atomic mass is 127. The molecule has 4 heteroatoms. The second-order valence-corrected chi connectivity index (χ2v) is 6.45. The third-order valence-electron chi connectivity index (χ3n) is 3.01. The van der Waals surface area contributed by atoms with E-state index in [2.05, 4.69) is 52.7 Å². The Morgan fingerprint density at radius 3 is 2.88 bits per heavy atom. The van der Waals surface area contributed by atoms with Crippen molar-refractivity contribution in [3.05, 3.63) is 26.8 Å². The van der Waals surface area contributed by atoms with Gasteiger partial charge in [0.1, 0.15) is 0 Å². The van der Waals surface area contributed by atoms with Crippen molar-refractivity contribution in [3.8, 4) is 0 Å². The molecule has 0 aliphatic carbocycles. The first-order chi connectivity index (χ1) is 8.06. The molecule has 0 spiro atoms. The molecule has 1 atom stereocenters. The molecule has 1 aromatic carbocycles. The van der Waals surface area contributed by atoms with Gasteiger partial charge in [0.15, 0.2) is 0 Å². The topological polar surface area (TPSA) is 15.3 Å². The van der Waals surface area contributed by atoms with E-state index in [-0.39, 0.29) is 0 Å². The number of benzene rings is 1. The van der Waals surface area contributed by atoms with Gasteiger partial charge in [0, 0.05) is 33.8 Å². The monoisotopic (exact) mass is 364 g/mol. The molecule has 17 heavy (non-hydrogen) atoms. The van der Waals surface area contributed by atoms with Crippen LogP contribution in [0.15, 0.2) is 18.2 Å². The average molecular weight is 365 g/mol. The Hall–Kier alpha value is -0.000000000000000111. The van der Waals surface area contributed by atoms with Crippen LogP contribution in [0.5, 0.6) is 0 Å². The molecule has 1 saturated heterocycles. The van der Waals surface area contributed by atoms with Gasteiger partial charge < -0.3 is 10.2 Å². The Morgan fingerprint density at radius 1 is 1.47 bits per heavy atom. The zero-order valence-corrected chi connectivity index (χ0v) is 13.1. The summed E-state index contributed by atoms with van der Waals surface area (Å²) >= 11 is 8.35. The summed E-state index contributed by atoms with van der Waals surface area (Å²) in [6.45, 7) is 6.63. The van der Waals surface area contributed by atoms with Gasteiger partial charge in [-0.1, -0.05) is 25.4 Å². The second-order valence-electron chi connectivity index (χ2n) is 4.85. The van der Waals surface area contributed by atoms with E-state index in [1.165, 1.54) is 15.7 Å². The van der Waals surface area contributed by atoms with E-state index in [9.17, 15) is 0 Å². The number of rotatable bonds is 3. The van der Waals surface area contributed by atoms with Crippen LogP contribution in [0.4, 0.5) is 5.69 Å². The maximum Gasteiger partial charge on any atom is 0.0503 e. The SMILES string of the molecule is CC(C)NC1CCN(c2ccc(Cl)cc2I)C1. The summed E-state index contributed by atoms with van der Waals surface area (Å²) < 4.78 is 1.24. The van der Waals surface area contributed by atoms with Crippen molar-refractivity contribution in [2.24, 2.45) is 0 Å². The molecule has 2 nitrogen and oxygen atoms in total. The smallest absolute Gasteiger partial charge is 0.0503 e. The number of nitrogens with zero attached hydrogens (tertiary/aromatic N) is 1. The molecule has 0 saturated carbocycles. The van der Waals surface area contributed by atoms with Crippen LogP contribution in [-0.4, -0.2) is 25.2 Å². The Balaban J connectivity index is 2.05. The summed E-state index contributed by atoms with van der Waals surface area (Å²) in [5.41, 5.74) is 1.31. The molecule has 1 aliphatic rings. The molecule has 0 aromatic heterocycles. The van der Waals surface area contributed by atoms with Gasteiger partial charge in [0.25, 0.3) is 0 Å². The summed E-state index contributed by atoms with van der Waals surface area (Å²) in [5, 5.41) is 4.42. The highest BCUT2D eigenvalue weighted by Crippen LogP contribution is 2.28. The predicted octanol–water partition coefficient (Wildman–Crippen LogP) is 3.52. The standard InChI is InChI=1S/C13H18ClIN2/c1-9(2)16-11-5-6-17(8-11)13-4-3-10(14)7-12(13)15/h3-4,7,9,11,16H,5-6,8H2,1-2H3. The second kappa shape index (κ2) is 5.76. The van der Waals surface area contributed by atoms with Crippen LogP contribution in [0.2, 0.25) is 5.02 Å². The van der Waals surface area contributed by atoms with E-state index >= 15 is 0 Å². The zero-order valence-electron chi connectivity index (χ0n) is 10.2. The first kappa shape index (κ1) is 13.4. The van der Waals surface area contributed by atoms with Gasteiger partial charge in [0.2, 0.25) is 0 Å². The zero-order chi connectivity index (χ0) is 12.4. The molecule has 0 amide bonds. The lowest BCUT2D eigenvalue weighted by Crippen LogP contribution is -2.37. The van der Waals surface area contributed by atoms with Crippen molar-refractivity contribution < 1.29 is 0 Å². The largest absolute Gasteiger partial charge is 0.369 e. The molecular formula is C13H18ClIN2. The Bertz CT molecular complexity index is 395. The van der Waals surface area contributed by atoms with E-state index in [4.69, 9.17) is 11.6 Å². The normalized spacial score (nSPS) is 20.3. The van der Waals surface area contributed by atoms with Gasteiger partial charge in [-0.05, 0) is 47.2 Å². The van der Waals surface area contributed by atoms with Crippen LogP contribution in [0.3, 0.4) is 0 Å². The van der Waals surface area contributed by atoms with Gasteiger partial charge in [0.05, 0.1) is 5.69 Å². The molecule has 1 aromatic rings. The highest BCUT2D eigenvalue weighted by Gasteiger charge is 2.23. The van der Waals surface area contributed by atoms with Gasteiger partial charge in [-0.2, -0.15) is 0 Å². The molecule has 1 N–H and O–H groups in total. The minimum absolute atomic E-state index is 0.559. The minimum atomic E-state index is 0.559. The first-order valence-corrected chi connectivity index (χ1v) is 7.48. The lowest BCUT2D eigenvalue weighted by molar-refractivity contribution is 0.492. The van der Waals surface area contributed by atoms with Crippen LogP contribution in [-0.2, 0) is 0 Å². The molecule has 0 radical (unpaired) electrons. The number of halogens is 2. The van der Waals surface area contributed by atoms with E-state index in [0.717, 1.165) is 18.1 Å². The van der Waals surface area contributed by atoms with E-state index in [0.29, 0.717) is 12.1 Å². The average Bonchev–Trinajstić information content (AvgIpc) is 2.65. The number of hydrogen-bond donors (Lipinski definition) is 1. The number of hydrogen-bond acceptors (Lipinski definition) is 2. The molecule has 1 unspecified atom stereocenters. The van der Waals surface area contributed by atoms with Crippen LogP contribution in [0.25, 0.3) is 0 Å². The Kier molecular flexibility index (Phi) is 4.55. The summed E-state index contributed by atoms with van der Waals surface area (Å²) in [7, 11) is 0. The van der Waals surface area contributed by atoms with Gasteiger partial charge >= 0.3 is 0 Å². The van der Waals surface area contributed by atoms with Gasteiger partial charge in [-0.3, -0.25) is 0 Å². The molecule has 0 bridgehead atoms. The summed E-state index contributed by atoms with van der Waals surface area (Å²) in [5.74, 6) is 0. The maximum atomic E-state index is 5.99. The lowest BCUT2D eigenvalue weighted by Gasteiger charge is -2.21. The number of anilines is 1. The number of nitrogens with one attached hydrogen (secondary N) is 1.